The number of H-pyrrole nitrogens is 1. The minimum Gasteiger partial charge on any atom is -0.444 e. The van der Waals surface area contributed by atoms with Crippen LogP contribution in [0.3, 0.4) is 0 Å². The molecule has 2 aromatic carbocycles. The lowest BCUT2D eigenvalue weighted by Crippen LogP contribution is -2.30. The summed E-state index contributed by atoms with van der Waals surface area (Å²) in [5.41, 5.74) is 4.53. The SMILES string of the molecule is Cc1ccc(-c2nc(CCNC(=O)Nc3ccc(-c4n[nH]c(C5CC5)n4)cc3)co2)cc1. The van der Waals surface area contributed by atoms with Crippen LogP contribution < -0.4 is 10.6 Å². The Kier molecular flexibility index (Phi) is 5.41. The van der Waals surface area contributed by atoms with Crippen molar-refractivity contribution in [1.82, 2.24) is 25.5 Å². The molecule has 4 aromatic rings. The number of carbonyl (C=O) groups excluding carboxylic acids is 1. The highest BCUT2D eigenvalue weighted by Crippen LogP contribution is 2.38. The number of amides is 2. The highest BCUT2D eigenvalue weighted by atomic mass is 16.3. The van der Waals surface area contributed by atoms with Crippen LogP contribution in [0.5, 0.6) is 0 Å². The van der Waals surface area contributed by atoms with Crippen LogP contribution in [0.1, 0.15) is 35.8 Å². The first-order chi connectivity index (χ1) is 15.6. The molecule has 0 saturated heterocycles. The van der Waals surface area contributed by atoms with Gasteiger partial charge < -0.3 is 15.1 Å². The van der Waals surface area contributed by atoms with E-state index < -0.39 is 0 Å². The second-order valence-corrected chi connectivity index (χ2v) is 8.04. The van der Waals surface area contributed by atoms with Gasteiger partial charge in [0.15, 0.2) is 5.82 Å². The zero-order valence-electron chi connectivity index (χ0n) is 17.8. The van der Waals surface area contributed by atoms with Crippen LogP contribution in [-0.4, -0.2) is 32.7 Å². The van der Waals surface area contributed by atoms with E-state index in [1.54, 1.807) is 6.26 Å². The Bertz CT molecular complexity index is 1210. The van der Waals surface area contributed by atoms with Gasteiger partial charge in [0.05, 0.1) is 5.69 Å². The second kappa shape index (κ2) is 8.66. The minimum atomic E-state index is -0.270. The Balaban J connectivity index is 1.10. The number of nitrogens with one attached hydrogen (secondary N) is 3. The fourth-order valence-corrected chi connectivity index (χ4v) is 3.38. The fourth-order valence-electron chi connectivity index (χ4n) is 3.38. The molecule has 8 nitrogen and oxygen atoms in total. The molecule has 2 heterocycles. The van der Waals surface area contributed by atoms with Crippen molar-refractivity contribution in [2.75, 3.05) is 11.9 Å². The molecule has 2 aromatic heterocycles. The van der Waals surface area contributed by atoms with Gasteiger partial charge in [-0.1, -0.05) is 17.7 Å². The number of rotatable bonds is 7. The van der Waals surface area contributed by atoms with Gasteiger partial charge in [-0.2, -0.15) is 5.10 Å². The molecule has 3 N–H and O–H groups in total. The standard InChI is InChI=1S/C24H24N6O2/c1-15-2-4-18(5-3-15)23-26-20(14-32-23)12-13-25-24(31)27-19-10-8-17(9-11-19)22-28-21(29-30-22)16-6-7-16/h2-5,8-11,14,16H,6-7,12-13H2,1H3,(H2,25,27,31)(H,28,29,30). The third-order valence-electron chi connectivity index (χ3n) is 5.38. The van der Waals surface area contributed by atoms with E-state index in [-0.39, 0.29) is 6.03 Å². The molecule has 0 aliphatic heterocycles. The highest BCUT2D eigenvalue weighted by molar-refractivity contribution is 5.89. The number of benzene rings is 2. The quantitative estimate of drug-likeness (QED) is 0.396. The normalized spacial score (nSPS) is 13.2. The summed E-state index contributed by atoms with van der Waals surface area (Å²) in [6.07, 6.45) is 4.56. The van der Waals surface area contributed by atoms with Gasteiger partial charge in [-0.05, 0) is 56.2 Å². The molecule has 5 rings (SSSR count). The van der Waals surface area contributed by atoms with Crippen molar-refractivity contribution < 1.29 is 9.21 Å². The topological polar surface area (TPSA) is 109 Å². The summed E-state index contributed by atoms with van der Waals surface area (Å²) >= 11 is 0. The highest BCUT2D eigenvalue weighted by Gasteiger charge is 2.27. The number of oxazole rings is 1. The van der Waals surface area contributed by atoms with E-state index >= 15 is 0 Å². The van der Waals surface area contributed by atoms with Crippen molar-refractivity contribution in [2.24, 2.45) is 0 Å². The van der Waals surface area contributed by atoms with Crippen LogP contribution in [0, 0.1) is 6.92 Å². The molecule has 1 aliphatic carbocycles. The lowest BCUT2D eigenvalue weighted by Gasteiger charge is -2.07. The van der Waals surface area contributed by atoms with Gasteiger partial charge >= 0.3 is 6.03 Å². The molecule has 1 saturated carbocycles. The predicted molar refractivity (Wildman–Crippen MR) is 121 cm³/mol. The van der Waals surface area contributed by atoms with Crippen LogP contribution in [0.4, 0.5) is 10.5 Å². The summed E-state index contributed by atoms with van der Waals surface area (Å²) in [6, 6.07) is 15.2. The van der Waals surface area contributed by atoms with E-state index in [0.717, 1.165) is 22.6 Å². The Morgan fingerprint density at radius 3 is 2.56 bits per heavy atom. The number of aromatic amines is 1. The van der Waals surface area contributed by atoms with E-state index in [1.807, 2.05) is 55.5 Å². The van der Waals surface area contributed by atoms with Crippen molar-refractivity contribution >= 4 is 11.7 Å². The van der Waals surface area contributed by atoms with Gasteiger partial charge in [0, 0.05) is 35.7 Å². The Hall–Kier alpha value is -3.94. The average molecular weight is 428 g/mol. The van der Waals surface area contributed by atoms with Gasteiger partial charge in [0.25, 0.3) is 0 Å². The van der Waals surface area contributed by atoms with Crippen LogP contribution >= 0.6 is 0 Å². The molecule has 32 heavy (non-hydrogen) atoms. The van der Waals surface area contributed by atoms with Gasteiger partial charge in [0.2, 0.25) is 5.89 Å². The van der Waals surface area contributed by atoms with E-state index in [1.165, 1.54) is 18.4 Å². The molecule has 0 radical (unpaired) electrons. The Morgan fingerprint density at radius 1 is 1.06 bits per heavy atom. The molecule has 1 aliphatic rings. The summed E-state index contributed by atoms with van der Waals surface area (Å²) in [6.45, 7) is 2.49. The fraction of sp³-hybridized carbons (Fsp3) is 0.250. The first-order valence-electron chi connectivity index (χ1n) is 10.7. The molecule has 0 spiro atoms. The maximum atomic E-state index is 12.2. The molecule has 8 heteroatoms. The smallest absolute Gasteiger partial charge is 0.319 e. The van der Waals surface area contributed by atoms with E-state index in [9.17, 15) is 4.79 Å². The predicted octanol–water partition coefficient (Wildman–Crippen LogP) is 4.68. The van der Waals surface area contributed by atoms with Crippen molar-refractivity contribution in [3.63, 3.8) is 0 Å². The summed E-state index contributed by atoms with van der Waals surface area (Å²) in [5, 5.41) is 13.0. The number of urea groups is 1. The van der Waals surface area contributed by atoms with Gasteiger partial charge in [0.1, 0.15) is 12.1 Å². The van der Waals surface area contributed by atoms with E-state index in [0.29, 0.717) is 36.3 Å². The van der Waals surface area contributed by atoms with Crippen molar-refractivity contribution in [1.29, 1.82) is 0 Å². The number of hydrogen-bond donors (Lipinski definition) is 3. The molecule has 0 unspecified atom stereocenters. The van der Waals surface area contributed by atoms with Gasteiger partial charge in [-0.15, -0.1) is 0 Å². The number of aryl methyl sites for hydroxylation is 1. The summed E-state index contributed by atoms with van der Waals surface area (Å²) in [7, 11) is 0. The van der Waals surface area contributed by atoms with Crippen LogP contribution in [0.25, 0.3) is 22.8 Å². The molecule has 162 valence electrons. The molecule has 1 fully saturated rings. The summed E-state index contributed by atoms with van der Waals surface area (Å²) in [5.74, 6) is 2.76. The lowest BCUT2D eigenvalue weighted by molar-refractivity contribution is 0.252. The van der Waals surface area contributed by atoms with E-state index in [2.05, 4.69) is 30.8 Å². The van der Waals surface area contributed by atoms with Crippen molar-refractivity contribution in [2.45, 2.75) is 32.1 Å². The molecular formula is C24H24N6O2. The molecular weight excluding hydrogens is 404 g/mol. The first kappa shape index (κ1) is 20.0. The molecule has 2 amide bonds. The number of nitrogens with zero attached hydrogens (tertiary/aromatic N) is 3. The third-order valence-corrected chi connectivity index (χ3v) is 5.38. The number of aromatic nitrogens is 4. The third kappa shape index (κ3) is 4.69. The number of carbonyl (C=O) groups is 1. The number of anilines is 1. The summed E-state index contributed by atoms with van der Waals surface area (Å²) < 4.78 is 5.56. The molecule has 0 atom stereocenters. The van der Waals surface area contributed by atoms with Crippen molar-refractivity contribution in [3.05, 3.63) is 71.9 Å². The maximum Gasteiger partial charge on any atom is 0.319 e. The number of hydrogen-bond acceptors (Lipinski definition) is 5. The van der Waals surface area contributed by atoms with Gasteiger partial charge in [-0.3, -0.25) is 5.10 Å². The van der Waals surface area contributed by atoms with Crippen LogP contribution in [-0.2, 0) is 6.42 Å². The molecule has 0 bridgehead atoms. The average Bonchev–Trinajstić information content (AvgIpc) is 3.34. The zero-order chi connectivity index (χ0) is 21.9. The maximum absolute atomic E-state index is 12.2. The minimum absolute atomic E-state index is 0.270. The lowest BCUT2D eigenvalue weighted by atomic mass is 10.1. The largest absolute Gasteiger partial charge is 0.444 e. The summed E-state index contributed by atoms with van der Waals surface area (Å²) in [4.78, 5) is 21.2. The second-order valence-electron chi connectivity index (χ2n) is 8.04. The first-order valence-corrected chi connectivity index (χ1v) is 10.7. The van der Waals surface area contributed by atoms with Crippen LogP contribution in [0.15, 0.2) is 59.2 Å². The van der Waals surface area contributed by atoms with Gasteiger partial charge in [-0.25, -0.2) is 14.8 Å². The van der Waals surface area contributed by atoms with Crippen LogP contribution in [0.2, 0.25) is 0 Å². The zero-order valence-corrected chi connectivity index (χ0v) is 17.8. The monoisotopic (exact) mass is 428 g/mol. The van der Waals surface area contributed by atoms with E-state index in [4.69, 9.17) is 4.42 Å². The van der Waals surface area contributed by atoms with Crippen molar-refractivity contribution in [3.8, 4) is 22.8 Å². The Labute approximate surface area is 185 Å². The Morgan fingerprint density at radius 2 is 1.81 bits per heavy atom.